The number of halogens is 1. The number of carbonyl (C=O) groups excluding carboxylic acids is 1. The number of nitrogens with zero attached hydrogens (tertiary/aromatic N) is 3. The minimum atomic E-state index is -0.704. The van der Waals surface area contributed by atoms with Crippen LogP contribution in [0, 0.1) is 12.8 Å². The van der Waals surface area contributed by atoms with Gasteiger partial charge in [0, 0.05) is 40.9 Å². The number of hydrogen-bond donors (Lipinski definition) is 2. The molecule has 1 aliphatic carbocycles. The van der Waals surface area contributed by atoms with E-state index >= 15 is 0 Å². The van der Waals surface area contributed by atoms with Gasteiger partial charge < -0.3 is 15.0 Å². The zero-order valence-corrected chi connectivity index (χ0v) is 18.3. The molecule has 2 N–H and O–H groups in total. The summed E-state index contributed by atoms with van der Waals surface area (Å²) in [5.74, 6) is 0.290. The molecule has 1 fully saturated rings. The van der Waals surface area contributed by atoms with E-state index in [9.17, 15) is 19.1 Å². The summed E-state index contributed by atoms with van der Waals surface area (Å²) >= 11 is 0. The van der Waals surface area contributed by atoms with Crippen molar-refractivity contribution >= 4 is 22.6 Å². The van der Waals surface area contributed by atoms with Crippen LogP contribution in [-0.4, -0.2) is 32.2 Å². The number of hydrogen-bond acceptors (Lipinski definition) is 5. The van der Waals surface area contributed by atoms with Gasteiger partial charge in [-0.05, 0) is 43.9 Å². The number of aliphatic hydroxyl groups is 1. The highest BCUT2D eigenvalue weighted by Crippen LogP contribution is 2.31. The van der Waals surface area contributed by atoms with E-state index in [1.165, 1.54) is 4.57 Å². The molecule has 0 aliphatic heterocycles. The molecule has 0 spiro atoms. The van der Waals surface area contributed by atoms with Gasteiger partial charge >= 0.3 is 0 Å². The Morgan fingerprint density at radius 2 is 2.03 bits per heavy atom. The minimum Gasteiger partial charge on any atom is -0.387 e. The van der Waals surface area contributed by atoms with Gasteiger partial charge in [-0.1, -0.05) is 13.3 Å². The Morgan fingerprint density at radius 3 is 2.69 bits per heavy atom. The molecule has 0 radical (unpaired) electrons. The second-order valence-corrected chi connectivity index (χ2v) is 8.32. The van der Waals surface area contributed by atoms with E-state index in [-0.39, 0.29) is 23.9 Å². The van der Waals surface area contributed by atoms with E-state index in [1.807, 2.05) is 13.8 Å². The molecule has 8 heteroatoms. The molecule has 1 saturated carbocycles. The molecule has 32 heavy (non-hydrogen) atoms. The molecule has 7 nitrogen and oxygen atoms in total. The summed E-state index contributed by atoms with van der Waals surface area (Å²) in [7, 11) is 0. The van der Waals surface area contributed by atoms with E-state index < -0.39 is 12.8 Å². The van der Waals surface area contributed by atoms with Crippen molar-refractivity contribution in [3.05, 3.63) is 52.2 Å². The molecule has 168 valence electrons. The van der Waals surface area contributed by atoms with Crippen LogP contribution in [0.1, 0.15) is 50.0 Å². The van der Waals surface area contributed by atoms with Gasteiger partial charge in [-0.3, -0.25) is 14.6 Å². The average molecular weight is 439 g/mol. The van der Waals surface area contributed by atoms with Gasteiger partial charge in [0.15, 0.2) is 0 Å². The number of pyridine rings is 3. The molecule has 0 bridgehead atoms. The van der Waals surface area contributed by atoms with Crippen LogP contribution in [0.25, 0.3) is 22.0 Å². The fourth-order valence-corrected chi connectivity index (χ4v) is 3.88. The Labute approximate surface area is 185 Å². The number of amides is 1. The molecule has 0 aromatic carbocycles. The van der Waals surface area contributed by atoms with Crippen molar-refractivity contribution < 1.29 is 14.3 Å². The van der Waals surface area contributed by atoms with Gasteiger partial charge in [0.25, 0.3) is 5.56 Å². The fraction of sp³-hybridized carbons (Fsp3) is 0.417. The predicted molar refractivity (Wildman–Crippen MR) is 121 cm³/mol. The van der Waals surface area contributed by atoms with Gasteiger partial charge in [-0.15, -0.1) is 0 Å². The van der Waals surface area contributed by atoms with Gasteiger partial charge in [0.2, 0.25) is 5.91 Å². The topological polar surface area (TPSA) is 97.1 Å². The van der Waals surface area contributed by atoms with Gasteiger partial charge in [-0.25, -0.2) is 9.37 Å². The Bertz CT molecular complexity index is 1220. The molecule has 0 unspecified atom stereocenters. The normalized spacial score (nSPS) is 14.5. The van der Waals surface area contributed by atoms with E-state index in [0.29, 0.717) is 40.0 Å². The minimum absolute atomic E-state index is 0.0252. The van der Waals surface area contributed by atoms with Crippen molar-refractivity contribution in [2.75, 3.05) is 12.0 Å². The molecule has 1 atom stereocenters. The zero-order valence-electron chi connectivity index (χ0n) is 18.3. The molecular formula is C24H27FN4O3. The van der Waals surface area contributed by atoms with Crippen molar-refractivity contribution in [3.63, 3.8) is 0 Å². The smallest absolute Gasteiger partial charge is 0.259 e. The maximum absolute atomic E-state index is 13.4. The largest absolute Gasteiger partial charge is 0.387 e. The first-order chi connectivity index (χ1) is 15.4. The van der Waals surface area contributed by atoms with Crippen LogP contribution in [0.2, 0.25) is 0 Å². The lowest BCUT2D eigenvalue weighted by atomic mass is 10.00. The summed E-state index contributed by atoms with van der Waals surface area (Å²) in [5.41, 5.74) is 2.56. The number of rotatable bonds is 8. The molecule has 1 amide bonds. The molecule has 3 aromatic heterocycles. The molecule has 3 heterocycles. The average Bonchev–Trinajstić information content (AvgIpc) is 3.62. The third-order valence-corrected chi connectivity index (χ3v) is 5.81. The van der Waals surface area contributed by atoms with Crippen LogP contribution < -0.4 is 10.9 Å². The van der Waals surface area contributed by atoms with Crippen molar-refractivity contribution in [1.29, 1.82) is 0 Å². The first kappa shape index (κ1) is 22.1. The van der Waals surface area contributed by atoms with Crippen LogP contribution in [0.4, 0.5) is 10.2 Å². The Kier molecular flexibility index (Phi) is 6.32. The summed E-state index contributed by atoms with van der Waals surface area (Å²) in [6, 6.07) is 5.12. The third-order valence-electron chi connectivity index (χ3n) is 5.81. The Morgan fingerprint density at radius 1 is 1.25 bits per heavy atom. The second kappa shape index (κ2) is 9.16. The van der Waals surface area contributed by atoms with Gasteiger partial charge in [0.1, 0.15) is 12.5 Å². The lowest BCUT2D eigenvalue weighted by Crippen LogP contribution is -2.24. The monoisotopic (exact) mass is 438 g/mol. The highest BCUT2D eigenvalue weighted by Gasteiger charge is 2.30. The predicted octanol–water partition coefficient (Wildman–Crippen LogP) is 3.92. The maximum atomic E-state index is 13.4. The lowest BCUT2D eigenvalue weighted by Gasteiger charge is -2.15. The summed E-state index contributed by atoms with van der Waals surface area (Å²) in [6.45, 7) is 3.04. The maximum Gasteiger partial charge on any atom is 0.259 e. The summed E-state index contributed by atoms with van der Waals surface area (Å²) in [5, 5.41) is 13.7. The van der Waals surface area contributed by atoms with Crippen LogP contribution in [-0.2, 0) is 11.3 Å². The van der Waals surface area contributed by atoms with Crippen LogP contribution in [0.3, 0.4) is 0 Å². The number of nitrogens with one attached hydrogen (secondary N) is 1. The number of alkyl halides is 1. The van der Waals surface area contributed by atoms with Crippen molar-refractivity contribution in [1.82, 2.24) is 14.5 Å². The van der Waals surface area contributed by atoms with Crippen LogP contribution in [0.5, 0.6) is 0 Å². The van der Waals surface area contributed by atoms with Crippen molar-refractivity contribution in [3.8, 4) is 11.1 Å². The summed E-state index contributed by atoms with van der Waals surface area (Å²) in [4.78, 5) is 34.1. The molecule has 1 aliphatic rings. The Balaban J connectivity index is 1.78. The second-order valence-electron chi connectivity index (χ2n) is 8.32. The number of fused-ring (bicyclic) bond motifs is 1. The molecular weight excluding hydrogens is 411 g/mol. The number of carbonyl (C=O) groups is 1. The zero-order chi connectivity index (χ0) is 22.8. The highest BCUT2D eigenvalue weighted by molar-refractivity contribution is 5.95. The van der Waals surface area contributed by atoms with Gasteiger partial charge in [-0.2, -0.15) is 0 Å². The van der Waals surface area contributed by atoms with Crippen LogP contribution in [0.15, 0.2) is 35.4 Å². The number of aryl methyl sites for hydroxylation is 2. The fourth-order valence-electron chi connectivity index (χ4n) is 3.88. The Hall–Kier alpha value is -3.13. The SMILES string of the molecule is CCC[C@H](O)c1cc(C)c(-c2cc3cnc(NC(=O)C4CC4)cc3n(CCF)c2=O)cn1. The van der Waals surface area contributed by atoms with Crippen molar-refractivity contribution in [2.24, 2.45) is 5.92 Å². The summed E-state index contributed by atoms with van der Waals surface area (Å²) in [6.07, 6.45) is 5.70. The molecule has 3 aromatic rings. The first-order valence-corrected chi connectivity index (χ1v) is 11.0. The summed E-state index contributed by atoms with van der Waals surface area (Å²) < 4.78 is 14.7. The highest BCUT2D eigenvalue weighted by atomic mass is 19.1. The quantitative estimate of drug-likeness (QED) is 0.556. The molecule has 4 rings (SSSR count). The van der Waals surface area contributed by atoms with E-state index in [0.717, 1.165) is 24.8 Å². The van der Waals surface area contributed by atoms with Gasteiger partial charge in [0.05, 0.1) is 23.9 Å². The number of anilines is 1. The van der Waals surface area contributed by atoms with Crippen LogP contribution >= 0.6 is 0 Å². The lowest BCUT2D eigenvalue weighted by molar-refractivity contribution is -0.117. The first-order valence-electron chi connectivity index (χ1n) is 11.0. The van der Waals surface area contributed by atoms with E-state index in [4.69, 9.17) is 0 Å². The van der Waals surface area contributed by atoms with E-state index in [1.54, 1.807) is 30.6 Å². The van der Waals surface area contributed by atoms with E-state index in [2.05, 4.69) is 15.3 Å². The number of aliphatic hydroxyl groups excluding tert-OH is 1. The standard InChI is InChI=1S/C24H27FN4O3/c1-3-4-21(30)19-9-14(2)18(13-26-19)17-10-16-12-27-22(28-23(31)15-5-6-15)11-20(16)29(8-7-25)24(17)32/h9-13,15,21,30H,3-8H2,1-2H3,(H,27,28,31)/t21-/m0/s1. The number of aromatic nitrogens is 3. The molecule has 0 saturated heterocycles. The van der Waals surface area contributed by atoms with Crippen molar-refractivity contribution in [2.45, 2.75) is 52.2 Å². The third kappa shape index (κ3) is 4.41.